The Kier molecular flexibility index (Phi) is 19.5. The zero-order valence-corrected chi connectivity index (χ0v) is 78.0. The van der Waals surface area contributed by atoms with Gasteiger partial charge in [0.25, 0.3) is 6.71 Å². The molecule has 2 aliphatic carbocycles. The Balaban J connectivity index is 0.000000195. The molecule has 0 fully saturated rings. The second-order valence-electron chi connectivity index (χ2n) is 36.4. The highest BCUT2D eigenvalue weighted by molar-refractivity contribution is 14.4. The third-order valence-corrected chi connectivity index (χ3v) is 27.4. The van der Waals surface area contributed by atoms with Crippen LogP contribution in [-0.4, -0.2) is 6.99 Å². The summed E-state index contributed by atoms with van der Waals surface area (Å²) in [5.41, 5.74) is 22.3. The van der Waals surface area contributed by atoms with Crippen LogP contribution < -0.4 is 36.0 Å². The van der Waals surface area contributed by atoms with Crippen LogP contribution in [0.2, 0.25) is 10.0 Å². The standard InChI is InChI=1S/C50H54BClN2S.C50H57ClN2S.BI3/c1-29(2)31-13-12-14-36(23-31)54-40-24-32(30(3)4)15-20-38(40)51-39-27-37-44(55-47-45(37)49(8,9)21-22-50(47,10)11)28-41(39)53(42-25-34(52)26-43(54)46(42)51)35-18-16-33(17-19-35)48(5,6)7;1-32(2)34-14-12-16-39(26-34)53(40-17-13-15-35(27-40)33(3)4)43-29-37(51)28-42(30-43)52(38-20-18-36(19-21-38)48(5,6)7)41-22-23-44-45(31-41)54-47-46(44)49(8,9)24-25-50(47,10)11;2-1(3)4/h12-20,23-30H,21-22H2,1-11H3;12-23,26-33H,24-25H2,1-11H3;/i2*1D3,3D3;. The zero-order chi connectivity index (χ0) is 91.2. The fourth-order valence-electron chi connectivity index (χ4n) is 17.4. The van der Waals surface area contributed by atoms with E-state index < -0.39 is 51.1 Å². The Morgan fingerprint density at radius 3 is 1.34 bits per heavy atom. The van der Waals surface area contributed by atoms with E-state index in [4.69, 9.17) is 39.7 Å². The molecule has 0 amide bonds. The van der Waals surface area contributed by atoms with E-state index in [0.717, 1.165) is 105 Å². The predicted molar refractivity (Wildman–Crippen MR) is 529 cm³/mol. The van der Waals surface area contributed by atoms with Gasteiger partial charge in [0.15, 0.2) is 0 Å². The SMILES string of the molecule is IB(I)I.[2H]C([2H])([2H])C(C)c1cccc(N(c2cccc(C(C)C([2H])([2H])[2H])c2)c2cc(Cl)cc(N(c3ccc(C(C)(C)C)cc3)c3ccc4c5c(sc4c3)C(C)(C)CCC5(C)C)c2)c1.[2H]C([2H])([2H])C(C)c1cccc(N2c3cc(C(C)C([2H])([2H])[2H])ccc3B3c4cc5c6c(sc5cc4N(c4ccc(C(C)(C)C)cc4)c4cc(Cl)cc2c43)C(C)(C)CCC6(C)C)c1. The number of hydrogen-bond acceptors (Lipinski definition) is 6. The van der Waals surface area contributed by atoms with Crippen molar-refractivity contribution in [1.29, 1.82) is 0 Å². The zero-order valence-electron chi connectivity index (χ0n) is 80.3. The summed E-state index contributed by atoms with van der Waals surface area (Å²) < 4.78 is 103. The first-order chi connectivity index (χ1) is 57.9. The molecule has 113 heavy (non-hydrogen) atoms. The molecule has 12 aromatic rings. The molecule has 16 rings (SSSR count). The highest BCUT2D eigenvalue weighted by Gasteiger charge is 2.47. The maximum Gasteiger partial charge on any atom is 0.355 e. The summed E-state index contributed by atoms with van der Waals surface area (Å²) in [6.07, 6.45) is 4.54. The number of benzene rings is 10. The number of hydrogen-bond donors (Lipinski definition) is 0. The maximum atomic E-state index is 8.41. The lowest BCUT2D eigenvalue weighted by Crippen LogP contribution is -2.61. The number of rotatable bonds is 12. The van der Waals surface area contributed by atoms with Gasteiger partial charge in [-0.25, -0.2) is 0 Å². The molecule has 0 N–H and O–H groups in total. The Bertz CT molecular complexity index is 6020. The summed E-state index contributed by atoms with van der Waals surface area (Å²) in [6, 6.07) is 68.7. The minimum atomic E-state index is -2.21. The van der Waals surface area contributed by atoms with Crippen molar-refractivity contribution in [3.8, 4) is 0 Å². The molecule has 0 spiro atoms. The summed E-state index contributed by atoms with van der Waals surface area (Å²) in [5, 5.41) is 3.70. The Morgan fingerprint density at radius 1 is 0.407 bits per heavy atom. The van der Waals surface area contributed by atoms with Crippen molar-refractivity contribution < 1.29 is 16.4 Å². The third-order valence-electron chi connectivity index (χ3n) is 23.9. The van der Waals surface area contributed by atoms with Gasteiger partial charge in [0.05, 0.1) is 0 Å². The molecule has 0 radical (unpaired) electrons. The Hall–Kier alpha value is -5.78. The van der Waals surface area contributed by atoms with E-state index in [-0.39, 0.29) is 39.2 Å². The average molecular weight is 1920 g/mol. The van der Waals surface area contributed by atoms with Crippen LogP contribution in [0.3, 0.4) is 0 Å². The summed E-state index contributed by atoms with van der Waals surface area (Å²) in [7, 11) is 0. The van der Waals surface area contributed by atoms with Crippen molar-refractivity contribution in [1.82, 2.24) is 0 Å². The van der Waals surface area contributed by atoms with Crippen LogP contribution in [0.5, 0.6) is 0 Å². The normalized spacial score (nSPS) is 18.6. The third kappa shape index (κ3) is 16.5. The molecule has 2 aromatic heterocycles. The smallest absolute Gasteiger partial charge is 0.311 e. The van der Waals surface area contributed by atoms with E-state index in [9.17, 15) is 0 Å². The summed E-state index contributed by atoms with van der Waals surface area (Å²) >= 11 is 25.3. The van der Waals surface area contributed by atoms with E-state index in [1.54, 1.807) is 27.7 Å². The summed E-state index contributed by atoms with van der Waals surface area (Å²) in [6.45, 7) is 30.4. The van der Waals surface area contributed by atoms with Crippen LogP contribution >= 0.6 is 113 Å². The van der Waals surface area contributed by atoms with Crippen LogP contribution in [0.4, 0.5) is 68.2 Å². The topological polar surface area (TPSA) is 13.0 Å². The molecule has 10 aromatic carbocycles. The largest absolute Gasteiger partial charge is 0.355 e. The molecular weight excluding hydrogens is 1790 g/mol. The fraction of sp³-hybridized carbons (Fsp3) is 0.360. The van der Waals surface area contributed by atoms with Crippen molar-refractivity contribution in [2.45, 2.75) is 234 Å². The van der Waals surface area contributed by atoms with Crippen LogP contribution in [0, 0.1) is 0 Å². The number of anilines is 12. The molecule has 4 nitrogen and oxygen atoms in total. The lowest BCUT2D eigenvalue weighted by molar-refractivity contribution is 0.341. The minimum absolute atomic E-state index is 0.00352. The minimum Gasteiger partial charge on any atom is -0.311 e. The van der Waals surface area contributed by atoms with Gasteiger partial charge in [0.1, 0.15) is 0 Å². The molecule has 4 unspecified atom stereocenters. The van der Waals surface area contributed by atoms with Crippen LogP contribution in [0.1, 0.15) is 272 Å². The first-order valence-corrected chi connectivity index (χ1v) is 45.7. The molecule has 0 saturated carbocycles. The summed E-state index contributed by atoms with van der Waals surface area (Å²) in [5.74, 6) is -2.84. The number of thiophene rings is 2. The molecule has 0 saturated heterocycles. The molecule has 4 heterocycles. The number of fused-ring (bicyclic) bond motifs is 10. The van der Waals surface area contributed by atoms with Gasteiger partial charge in [0.2, 0.25) is 0 Å². The lowest BCUT2D eigenvalue weighted by Gasteiger charge is -2.44. The van der Waals surface area contributed by atoms with E-state index in [0.29, 0.717) is 32.3 Å². The van der Waals surface area contributed by atoms with Gasteiger partial charge in [-0.3, -0.25) is 0 Å². The maximum absolute atomic E-state index is 8.41. The molecule has 4 aliphatic rings. The number of halogens is 5. The van der Waals surface area contributed by atoms with Gasteiger partial charge < -0.3 is 19.6 Å². The lowest BCUT2D eigenvalue weighted by atomic mass is 9.33. The van der Waals surface area contributed by atoms with Crippen LogP contribution in [0.25, 0.3) is 20.2 Å². The molecule has 13 heteroatoms. The second kappa shape index (κ2) is 31.8. The monoisotopic (exact) mass is 1920 g/mol. The van der Waals surface area contributed by atoms with Gasteiger partial charge >= 0.3 is 0.282 Å². The molecular formula is C100H111B2Cl2I3N4S2. The Labute approximate surface area is 752 Å². The van der Waals surface area contributed by atoms with Gasteiger partial charge in [0, 0.05) is 114 Å². The fourth-order valence-corrected chi connectivity index (χ4v) is 20.9. The van der Waals surface area contributed by atoms with E-state index in [1.165, 1.54) is 57.6 Å². The Morgan fingerprint density at radius 2 is 0.823 bits per heavy atom. The van der Waals surface area contributed by atoms with Crippen molar-refractivity contribution >= 4 is 225 Å². The molecule has 2 aliphatic heterocycles. The van der Waals surface area contributed by atoms with E-state index in [2.05, 4.69) is 276 Å². The van der Waals surface area contributed by atoms with Crippen LogP contribution in [-0.2, 0) is 32.5 Å². The van der Waals surface area contributed by atoms with Crippen molar-refractivity contribution in [2.75, 3.05) is 19.6 Å². The van der Waals surface area contributed by atoms with Crippen molar-refractivity contribution in [3.05, 3.63) is 264 Å². The average Bonchev–Trinajstić information content (AvgIpc) is 1.64. The van der Waals surface area contributed by atoms with Gasteiger partial charge in [-0.2, -0.15) is 0 Å². The number of nitrogens with zero attached hydrogens (tertiary/aromatic N) is 4. The van der Waals surface area contributed by atoms with E-state index in [1.807, 2.05) is 131 Å². The van der Waals surface area contributed by atoms with Gasteiger partial charge in [-0.15, -0.1) is 89.8 Å². The quantitative estimate of drug-likeness (QED) is 0.0893. The molecule has 4 atom stereocenters. The van der Waals surface area contributed by atoms with Crippen molar-refractivity contribution in [2.24, 2.45) is 0 Å². The first-order valence-electron chi connectivity index (χ1n) is 45.6. The molecule has 0 bridgehead atoms. The first kappa shape index (κ1) is 69.2. The highest BCUT2D eigenvalue weighted by atomic mass is 127. The summed E-state index contributed by atoms with van der Waals surface area (Å²) in [4.78, 5) is 11.8. The van der Waals surface area contributed by atoms with Crippen molar-refractivity contribution in [3.63, 3.8) is 0 Å². The van der Waals surface area contributed by atoms with Crippen LogP contribution in [0.15, 0.2) is 200 Å². The van der Waals surface area contributed by atoms with Gasteiger partial charge in [-0.1, -0.05) is 260 Å². The predicted octanol–water partition coefficient (Wildman–Crippen LogP) is 32.2. The molecule has 584 valence electrons. The second-order valence-corrected chi connectivity index (χ2v) is 50.2. The van der Waals surface area contributed by atoms with E-state index >= 15 is 0 Å². The highest BCUT2D eigenvalue weighted by Crippen LogP contribution is 2.57. The van der Waals surface area contributed by atoms with Gasteiger partial charge in [-0.05, 0) is 269 Å².